The minimum absolute atomic E-state index is 0.00296. The maximum Gasteiger partial charge on any atom is 0.0713 e. The van der Waals surface area contributed by atoms with Crippen molar-refractivity contribution in [2.24, 2.45) is 0 Å². The van der Waals surface area contributed by atoms with E-state index in [0.29, 0.717) is 12.6 Å². The molecule has 1 aromatic carbocycles. The van der Waals surface area contributed by atoms with Gasteiger partial charge in [-0.3, -0.25) is 0 Å². The minimum atomic E-state index is -0.00296. The third-order valence-corrected chi connectivity index (χ3v) is 2.38. The second-order valence-corrected chi connectivity index (χ2v) is 4.23. The van der Waals surface area contributed by atoms with Gasteiger partial charge in [0.15, 0.2) is 0 Å². The molecule has 0 aliphatic rings. The first-order chi connectivity index (χ1) is 7.67. The van der Waals surface area contributed by atoms with Gasteiger partial charge in [0.25, 0.3) is 0 Å². The van der Waals surface area contributed by atoms with Crippen LogP contribution < -0.4 is 5.32 Å². The first kappa shape index (κ1) is 13.2. The molecule has 1 aromatic rings. The number of benzene rings is 1. The monoisotopic (exact) mass is 223 g/mol. The standard InChI is InChI=1S/C13H21NO2/c1-10(2)14-13(8-15)12-6-4-5-11(7-12)9-16-3/h4-7,10,13-15H,8-9H2,1-3H3. The molecule has 2 N–H and O–H groups in total. The van der Waals surface area contributed by atoms with Crippen LogP contribution in [0.2, 0.25) is 0 Å². The van der Waals surface area contributed by atoms with Gasteiger partial charge in [-0.25, -0.2) is 0 Å². The van der Waals surface area contributed by atoms with Crippen molar-refractivity contribution in [2.45, 2.75) is 32.5 Å². The fraction of sp³-hybridized carbons (Fsp3) is 0.538. The Bertz CT molecular complexity index is 313. The van der Waals surface area contributed by atoms with Crippen molar-refractivity contribution < 1.29 is 9.84 Å². The average molecular weight is 223 g/mol. The van der Waals surface area contributed by atoms with Crippen LogP contribution in [0, 0.1) is 0 Å². The maximum atomic E-state index is 9.36. The zero-order valence-corrected chi connectivity index (χ0v) is 10.2. The number of ether oxygens (including phenoxy) is 1. The van der Waals surface area contributed by atoms with Crippen LogP contribution in [0.25, 0.3) is 0 Å². The third kappa shape index (κ3) is 3.93. The largest absolute Gasteiger partial charge is 0.394 e. The van der Waals surface area contributed by atoms with Crippen LogP contribution in [0.5, 0.6) is 0 Å². The Morgan fingerprint density at radius 3 is 2.69 bits per heavy atom. The Morgan fingerprint density at radius 1 is 1.38 bits per heavy atom. The second kappa shape index (κ2) is 6.63. The van der Waals surface area contributed by atoms with E-state index in [1.165, 1.54) is 0 Å². The Labute approximate surface area is 97.4 Å². The lowest BCUT2D eigenvalue weighted by Gasteiger charge is -2.20. The fourth-order valence-corrected chi connectivity index (χ4v) is 1.72. The van der Waals surface area contributed by atoms with Gasteiger partial charge in [0.2, 0.25) is 0 Å². The van der Waals surface area contributed by atoms with Gasteiger partial charge in [0, 0.05) is 13.2 Å². The van der Waals surface area contributed by atoms with Crippen molar-refractivity contribution in [3.8, 4) is 0 Å². The summed E-state index contributed by atoms with van der Waals surface area (Å²) in [7, 11) is 1.68. The summed E-state index contributed by atoms with van der Waals surface area (Å²) in [5.41, 5.74) is 2.23. The lowest BCUT2D eigenvalue weighted by Crippen LogP contribution is -2.30. The molecule has 3 heteroatoms. The molecule has 3 nitrogen and oxygen atoms in total. The summed E-state index contributed by atoms with van der Waals surface area (Å²) in [6, 6.07) is 8.46. The van der Waals surface area contributed by atoms with Crippen molar-refractivity contribution in [2.75, 3.05) is 13.7 Å². The normalized spacial score (nSPS) is 13.1. The van der Waals surface area contributed by atoms with Crippen molar-refractivity contribution >= 4 is 0 Å². The molecule has 0 saturated heterocycles. The molecule has 0 aliphatic carbocycles. The van der Waals surface area contributed by atoms with Gasteiger partial charge in [-0.1, -0.05) is 38.1 Å². The molecule has 1 rings (SSSR count). The van der Waals surface area contributed by atoms with Crippen LogP contribution in [-0.2, 0) is 11.3 Å². The molecule has 0 fully saturated rings. The summed E-state index contributed by atoms with van der Waals surface area (Å²) in [6.45, 7) is 4.85. The lowest BCUT2D eigenvalue weighted by molar-refractivity contribution is 0.184. The highest BCUT2D eigenvalue weighted by atomic mass is 16.5. The second-order valence-electron chi connectivity index (χ2n) is 4.23. The molecule has 1 atom stereocenters. The molecular formula is C13H21NO2. The van der Waals surface area contributed by atoms with Gasteiger partial charge in [0.05, 0.1) is 19.3 Å². The number of methoxy groups -OCH3 is 1. The maximum absolute atomic E-state index is 9.36. The third-order valence-electron chi connectivity index (χ3n) is 2.38. The number of aliphatic hydroxyl groups excluding tert-OH is 1. The van der Waals surface area contributed by atoms with Crippen molar-refractivity contribution in [1.82, 2.24) is 5.32 Å². The topological polar surface area (TPSA) is 41.5 Å². The highest BCUT2D eigenvalue weighted by Gasteiger charge is 2.11. The number of rotatable bonds is 6. The smallest absolute Gasteiger partial charge is 0.0713 e. The van der Waals surface area contributed by atoms with Crippen LogP contribution >= 0.6 is 0 Å². The van der Waals surface area contributed by atoms with Gasteiger partial charge in [-0.15, -0.1) is 0 Å². The molecule has 90 valence electrons. The lowest BCUT2D eigenvalue weighted by atomic mass is 10.0. The zero-order valence-electron chi connectivity index (χ0n) is 10.2. The van der Waals surface area contributed by atoms with E-state index in [-0.39, 0.29) is 12.6 Å². The van der Waals surface area contributed by atoms with Gasteiger partial charge >= 0.3 is 0 Å². The molecule has 0 saturated carbocycles. The Morgan fingerprint density at radius 2 is 2.12 bits per heavy atom. The highest BCUT2D eigenvalue weighted by molar-refractivity contribution is 5.25. The van der Waals surface area contributed by atoms with Crippen LogP contribution in [0.3, 0.4) is 0 Å². The summed E-state index contributed by atoms with van der Waals surface area (Å²) in [5.74, 6) is 0. The van der Waals surface area contributed by atoms with Crippen LogP contribution in [0.4, 0.5) is 0 Å². The molecule has 0 aromatic heterocycles. The molecular weight excluding hydrogens is 202 g/mol. The zero-order chi connectivity index (χ0) is 12.0. The van der Waals surface area contributed by atoms with E-state index >= 15 is 0 Å². The summed E-state index contributed by atoms with van der Waals surface area (Å²) in [5, 5.41) is 12.7. The quantitative estimate of drug-likeness (QED) is 0.773. The summed E-state index contributed by atoms with van der Waals surface area (Å²) >= 11 is 0. The molecule has 0 radical (unpaired) electrons. The number of hydrogen-bond donors (Lipinski definition) is 2. The van der Waals surface area contributed by atoms with E-state index < -0.39 is 0 Å². The number of nitrogens with one attached hydrogen (secondary N) is 1. The van der Waals surface area contributed by atoms with Crippen molar-refractivity contribution in [1.29, 1.82) is 0 Å². The van der Waals surface area contributed by atoms with E-state index in [4.69, 9.17) is 4.74 Å². The molecule has 0 heterocycles. The summed E-state index contributed by atoms with van der Waals surface area (Å²) in [4.78, 5) is 0. The first-order valence-corrected chi connectivity index (χ1v) is 5.62. The minimum Gasteiger partial charge on any atom is -0.394 e. The molecule has 0 spiro atoms. The summed E-state index contributed by atoms with van der Waals surface area (Å²) in [6.07, 6.45) is 0. The first-order valence-electron chi connectivity index (χ1n) is 5.62. The fourth-order valence-electron chi connectivity index (χ4n) is 1.72. The van der Waals surface area contributed by atoms with E-state index in [1.54, 1.807) is 7.11 Å². The number of hydrogen-bond acceptors (Lipinski definition) is 3. The molecule has 16 heavy (non-hydrogen) atoms. The predicted molar refractivity (Wildman–Crippen MR) is 65.3 cm³/mol. The average Bonchev–Trinajstić information content (AvgIpc) is 2.26. The predicted octanol–water partition coefficient (Wildman–Crippen LogP) is 1.86. The Kier molecular flexibility index (Phi) is 5.46. The van der Waals surface area contributed by atoms with Crippen LogP contribution in [0.1, 0.15) is 31.0 Å². The van der Waals surface area contributed by atoms with Crippen LogP contribution in [0.15, 0.2) is 24.3 Å². The van der Waals surface area contributed by atoms with Gasteiger partial charge in [-0.2, -0.15) is 0 Å². The van der Waals surface area contributed by atoms with Crippen molar-refractivity contribution in [3.63, 3.8) is 0 Å². The van der Waals surface area contributed by atoms with E-state index in [1.807, 2.05) is 18.2 Å². The van der Waals surface area contributed by atoms with Crippen molar-refractivity contribution in [3.05, 3.63) is 35.4 Å². The Balaban J connectivity index is 2.79. The van der Waals surface area contributed by atoms with Gasteiger partial charge < -0.3 is 15.2 Å². The van der Waals surface area contributed by atoms with E-state index in [2.05, 4.69) is 25.2 Å². The molecule has 0 aliphatic heterocycles. The highest BCUT2D eigenvalue weighted by Crippen LogP contribution is 2.15. The van der Waals surface area contributed by atoms with Gasteiger partial charge in [-0.05, 0) is 11.1 Å². The molecule has 0 bridgehead atoms. The summed E-state index contributed by atoms with van der Waals surface area (Å²) < 4.78 is 5.09. The van der Waals surface area contributed by atoms with Crippen LogP contribution in [-0.4, -0.2) is 24.9 Å². The molecule has 0 amide bonds. The van der Waals surface area contributed by atoms with E-state index in [9.17, 15) is 5.11 Å². The van der Waals surface area contributed by atoms with E-state index in [0.717, 1.165) is 11.1 Å². The van der Waals surface area contributed by atoms with Gasteiger partial charge in [0.1, 0.15) is 0 Å². The number of aliphatic hydroxyl groups is 1. The Hall–Kier alpha value is -0.900. The molecule has 1 unspecified atom stereocenters. The SMILES string of the molecule is COCc1cccc(C(CO)NC(C)C)c1.